The number of hydrogen-bond acceptors (Lipinski definition) is 3. The number of nitrogens with two attached hydrogens (primary N) is 1. The Kier molecular flexibility index (Phi) is 5.47. The molecular weight excluding hydrogens is 290 g/mol. The summed E-state index contributed by atoms with van der Waals surface area (Å²) in [7, 11) is 1.37. The molecule has 1 amide bonds. The number of primary amides is 1. The standard InChI is InChI=1S/C11H9NO.C8H8O2/c12-11(13)10-7-3-5-8-4-1-2-6-9(8)10;1-10-8(9)7-5-3-2-4-6-7/h1-7H,(H2,12,13);2-6H,1H3. The number of ether oxygens (including phenoxy) is 1. The minimum absolute atomic E-state index is 0.291. The highest BCUT2D eigenvalue weighted by molar-refractivity contribution is 6.06. The van der Waals surface area contributed by atoms with E-state index < -0.39 is 0 Å². The first kappa shape index (κ1) is 16.2. The highest BCUT2D eigenvalue weighted by Gasteiger charge is 2.04. The molecule has 3 aromatic carbocycles. The molecule has 0 aromatic heterocycles. The molecule has 0 fully saturated rings. The van der Waals surface area contributed by atoms with Crippen molar-refractivity contribution in [2.75, 3.05) is 7.11 Å². The number of carbonyl (C=O) groups is 2. The first-order valence-corrected chi connectivity index (χ1v) is 7.04. The maximum atomic E-state index is 11.0. The number of benzene rings is 3. The van der Waals surface area contributed by atoms with Gasteiger partial charge in [0.1, 0.15) is 0 Å². The molecule has 0 unspecified atom stereocenters. The third kappa shape index (κ3) is 4.17. The van der Waals surface area contributed by atoms with Gasteiger partial charge in [-0.2, -0.15) is 0 Å². The van der Waals surface area contributed by atoms with E-state index in [0.717, 1.165) is 10.8 Å². The number of esters is 1. The first-order valence-electron chi connectivity index (χ1n) is 7.04. The van der Waals surface area contributed by atoms with Gasteiger partial charge in [0.15, 0.2) is 0 Å². The predicted molar refractivity (Wildman–Crippen MR) is 90.2 cm³/mol. The Balaban J connectivity index is 0.000000174. The lowest BCUT2D eigenvalue weighted by Gasteiger charge is -2.01. The fraction of sp³-hybridized carbons (Fsp3) is 0.0526. The van der Waals surface area contributed by atoms with E-state index in [1.54, 1.807) is 30.3 Å². The van der Waals surface area contributed by atoms with E-state index in [1.807, 2.05) is 42.5 Å². The van der Waals surface area contributed by atoms with E-state index in [4.69, 9.17) is 5.73 Å². The van der Waals surface area contributed by atoms with Crippen LogP contribution in [0.4, 0.5) is 0 Å². The topological polar surface area (TPSA) is 69.4 Å². The average Bonchev–Trinajstić information content (AvgIpc) is 2.61. The van der Waals surface area contributed by atoms with Crippen molar-refractivity contribution in [3.8, 4) is 0 Å². The molecule has 2 N–H and O–H groups in total. The molecule has 23 heavy (non-hydrogen) atoms. The first-order chi connectivity index (χ1) is 11.1. The summed E-state index contributed by atoms with van der Waals surface area (Å²) >= 11 is 0. The summed E-state index contributed by atoms with van der Waals surface area (Å²) in [6, 6.07) is 22.1. The Morgan fingerprint density at radius 1 is 0.826 bits per heavy atom. The van der Waals surface area contributed by atoms with Crippen LogP contribution in [-0.4, -0.2) is 19.0 Å². The van der Waals surface area contributed by atoms with Gasteiger partial charge in [-0.3, -0.25) is 4.79 Å². The molecule has 0 heterocycles. The van der Waals surface area contributed by atoms with Crippen molar-refractivity contribution in [1.29, 1.82) is 0 Å². The van der Waals surface area contributed by atoms with Crippen LogP contribution in [0.2, 0.25) is 0 Å². The molecule has 0 atom stereocenters. The lowest BCUT2D eigenvalue weighted by molar-refractivity contribution is 0.0600. The average molecular weight is 307 g/mol. The quantitative estimate of drug-likeness (QED) is 0.738. The zero-order valence-electron chi connectivity index (χ0n) is 12.7. The van der Waals surface area contributed by atoms with Crippen LogP contribution in [0, 0.1) is 0 Å². The number of carbonyl (C=O) groups excluding carboxylic acids is 2. The van der Waals surface area contributed by atoms with Gasteiger partial charge in [-0.1, -0.05) is 54.6 Å². The zero-order valence-corrected chi connectivity index (χ0v) is 12.7. The summed E-state index contributed by atoms with van der Waals surface area (Å²) in [6.45, 7) is 0. The molecule has 4 heteroatoms. The molecule has 0 saturated carbocycles. The van der Waals surface area contributed by atoms with Gasteiger partial charge < -0.3 is 10.5 Å². The molecule has 0 aliphatic rings. The van der Waals surface area contributed by atoms with Crippen LogP contribution in [0.5, 0.6) is 0 Å². The van der Waals surface area contributed by atoms with E-state index in [1.165, 1.54) is 7.11 Å². The van der Waals surface area contributed by atoms with Gasteiger partial charge in [-0.05, 0) is 29.0 Å². The Labute approximate surface area is 134 Å². The molecule has 0 aliphatic heterocycles. The molecule has 0 aliphatic carbocycles. The summed E-state index contributed by atoms with van der Waals surface area (Å²) in [4.78, 5) is 21.8. The van der Waals surface area contributed by atoms with E-state index >= 15 is 0 Å². The Hall–Kier alpha value is -3.14. The number of fused-ring (bicyclic) bond motifs is 1. The van der Waals surface area contributed by atoms with Crippen LogP contribution in [0.1, 0.15) is 20.7 Å². The van der Waals surface area contributed by atoms with E-state index in [-0.39, 0.29) is 11.9 Å². The van der Waals surface area contributed by atoms with E-state index in [9.17, 15) is 9.59 Å². The third-order valence-corrected chi connectivity index (χ3v) is 3.25. The van der Waals surface area contributed by atoms with Crippen molar-refractivity contribution < 1.29 is 14.3 Å². The highest BCUT2D eigenvalue weighted by Crippen LogP contribution is 2.17. The Morgan fingerprint density at radius 2 is 1.43 bits per heavy atom. The number of amides is 1. The van der Waals surface area contributed by atoms with Gasteiger partial charge in [-0.15, -0.1) is 0 Å². The minimum Gasteiger partial charge on any atom is -0.465 e. The van der Waals surface area contributed by atoms with Crippen molar-refractivity contribution in [3.05, 3.63) is 83.9 Å². The third-order valence-electron chi connectivity index (χ3n) is 3.25. The van der Waals surface area contributed by atoms with Crippen LogP contribution in [0.3, 0.4) is 0 Å². The molecule has 0 radical (unpaired) electrons. The van der Waals surface area contributed by atoms with Crippen LogP contribution < -0.4 is 5.73 Å². The smallest absolute Gasteiger partial charge is 0.337 e. The fourth-order valence-electron chi connectivity index (χ4n) is 2.13. The lowest BCUT2D eigenvalue weighted by Crippen LogP contribution is -2.11. The van der Waals surface area contributed by atoms with Crippen LogP contribution in [0.25, 0.3) is 10.8 Å². The van der Waals surface area contributed by atoms with Gasteiger partial charge in [0.05, 0.1) is 12.7 Å². The molecule has 0 spiro atoms. The summed E-state index contributed by atoms with van der Waals surface area (Å²) in [5.74, 6) is -0.669. The lowest BCUT2D eigenvalue weighted by atomic mass is 10.0. The second-order valence-corrected chi connectivity index (χ2v) is 4.75. The molecule has 0 bridgehead atoms. The summed E-state index contributed by atoms with van der Waals surface area (Å²) < 4.78 is 4.50. The Bertz CT molecular complexity index is 808. The molecule has 0 saturated heterocycles. The van der Waals surface area contributed by atoms with Crippen molar-refractivity contribution in [2.45, 2.75) is 0 Å². The Morgan fingerprint density at radius 3 is 2.09 bits per heavy atom. The van der Waals surface area contributed by atoms with Gasteiger partial charge in [-0.25, -0.2) is 4.79 Å². The normalized spacial score (nSPS) is 9.61. The summed E-state index contributed by atoms with van der Waals surface area (Å²) in [5.41, 5.74) is 6.41. The second kappa shape index (κ2) is 7.75. The molecule has 4 nitrogen and oxygen atoms in total. The van der Waals surface area contributed by atoms with E-state index in [0.29, 0.717) is 11.1 Å². The van der Waals surface area contributed by atoms with Crippen LogP contribution in [0.15, 0.2) is 72.8 Å². The zero-order chi connectivity index (χ0) is 16.7. The molecule has 116 valence electrons. The van der Waals surface area contributed by atoms with Crippen molar-refractivity contribution in [3.63, 3.8) is 0 Å². The molecule has 3 aromatic rings. The monoisotopic (exact) mass is 307 g/mol. The van der Waals surface area contributed by atoms with Crippen molar-refractivity contribution in [2.24, 2.45) is 5.73 Å². The van der Waals surface area contributed by atoms with Gasteiger partial charge in [0.25, 0.3) is 0 Å². The van der Waals surface area contributed by atoms with Gasteiger partial charge >= 0.3 is 5.97 Å². The van der Waals surface area contributed by atoms with Crippen molar-refractivity contribution in [1.82, 2.24) is 0 Å². The number of hydrogen-bond donors (Lipinski definition) is 1. The molecular formula is C19H17NO3. The molecule has 3 rings (SSSR count). The predicted octanol–water partition coefficient (Wildman–Crippen LogP) is 3.41. The van der Waals surface area contributed by atoms with Crippen LogP contribution >= 0.6 is 0 Å². The SMILES string of the molecule is COC(=O)c1ccccc1.NC(=O)c1cccc2ccccc12. The van der Waals surface area contributed by atoms with Crippen molar-refractivity contribution >= 4 is 22.6 Å². The largest absolute Gasteiger partial charge is 0.465 e. The number of methoxy groups -OCH3 is 1. The maximum Gasteiger partial charge on any atom is 0.337 e. The van der Waals surface area contributed by atoms with Gasteiger partial charge in [0, 0.05) is 5.56 Å². The minimum atomic E-state index is -0.378. The second-order valence-electron chi connectivity index (χ2n) is 4.75. The highest BCUT2D eigenvalue weighted by atomic mass is 16.5. The summed E-state index contributed by atoms with van der Waals surface area (Å²) in [6.07, 6.45) is 0. The van der Waals surface area contributed by atoms with Gasteiger partial charge in [0.2, 0.25) is 5.91 Å². The number of rotatable bonds is 2. The fourth-order valence-corrected chi connectivity index (χ4v) is 2.13. The van der Waals surface area contributed by atoms with Crippen LogP contribution in [-0.2, 0) is 4.74 Å². The maximum absolute atomic E-state index is 11.0. The summed E-state index contributed by atoms with van der Waals surface area (Å²) in [5, 5.41) is 1.95. The van der Waals surface area contributed by atoms with E-state index in [2.05, 4.69) is 4.74 Å².